The SMILES string of the molecule is Cc1ccccc1OC(C)CNC(=O)[C@@H]1CC[C@H](C(=O)O)O1. The minimum atomic E-state index is -1.02. The highest BCUT2D eigenvalue weighted by Gasteiger charge is 2.34. The van der Waals surface area contributed by atoms with Crippen LogP contribution in [0.15, 0.2) is 24.3 Å². The lowest BCUT2D eigenvalue weighted by Crippen LogP contribution is -2.40. The standard InChI is InChI=1S/C16H21NO5/c1-10-5-3-4-6-12(10)21-11(2)9-17-15(18)13-7-8-14(22-13)16(19)20/h3-6,11,13-14H,7-9H2,1-2H3,(H,17,18)(H,19,20)/t11?,13-,14+/m0/s1. The van der Waals surface area contributed by atoms with E-state index >= 15 is 0 Å². The monoisotopic (exact) mass is 307 g/mol. The number of rotatable bonds is 6. The summed E-state index contributed by atoms with van der Waals surface area (Å²) >= 11 is 0. The Morgan fingerprint density at radius 3 is 2.68 bits per heavy atom. The first-order valence-electron chi connectivity index (χ1n) is 7.35. The first-order valence-corrected chi connectivity index (χ1v) is 7.35. The molecule has 120 valence electrons. The number of carbonyl (C=O) groups excluding carboxylic acids is 1. The van der Waals surface area contributed by atoms with E-state index in [1.165, 1.54) is 0 Å². The summed E-state index contributed by atoms with van der Waals surface area (Å²) in [7, 11) is 0. The average Bonchev–Trinajstić information content (AvgIpc) is 2.97. The van der Waals surface area contributed by atoms with Crippen LogP contribution in [0.2, 0.25) is 0 Å². The van der Waals surface area contributed by atoms with Crippen LogP contribution in [0.3, 0.4) is 0 Å². The Labute approximate surface area is 129 Å². The molecular weight excluding hydrogens is 286 g/mol. The van der Waals surface area contributed by atoms with Crippen molar-refractivity contribution >= 4 is 11.9 Å². The van der Waals surface area contributed by atoms with E-state index in [4.69, 9.17) is 14.6 Å². The molecule has 2 rings (SSSR count). The highest BCUT2D eigenvalue weighted by Crippen LogP contribution is 2.20. The van der Waals surface area contributed by atoms with Gasteiger partial charge < -0.3 is 19.9 Å². The number of amides is 1. The molecule has 1 unspecified atom stereocenters. The zero-order chi connectivity index (χ0) is 16.1. The Kier molecular flexibility index (Phi) is 5.38. The van der Waals surface area contributed by atoms with Crippen LogP contribution in [0, 0.1) is 6.92 Å². The lowest BCUT2D eigenvalue weighted by Gasteiger charge is -2.18. The molecule has 6 nitrogen and oxygen atoms in total. The molecule has 1 aliphatic heterocycles. The molecule has 3 atom stereocenters. The fourth-order valence-electron chi connectivity index (χ4n) is 2.32. The Balaban J connectivity index is 1.77. The van der Waals surface area contributed by atoms with Gasteiger partial charge in [0.05, 0.1) is 6.54 Å². The second kappa shape index (κ2) is 7.26. The van der Waals surface area contributed by atoms with E-state index in [1.54, 1.807) is 0 Å². The van der Waals surface area contributed by atoms with Crippen LogP contribution in [0.4, 0.5) is 0 Å². The second-order valence-electron chi connectivity index (χ2n) is 5.47. The Morgan fingerprint density at radius 1 is 1.36 bits per heavy atom. The number of hydrogen-bond acceptors (Lipinski definition) is 4. The zero-order valence-electron chi connectivity index (χ0n) is 12.7. The molecule has 1 heterocycles. The summed E-state index contributed by atoms with van der Waals surface area (Å²) in [6, 6.07) is 7.67. The van der Waals surface area contributed by atoms with E-state index < -0.39 is 18.2 Å². The summed E-state index contributed by atoms with van der Waals surface area (Å²) in [6.45, 7) is 4.16. The first-order chi connectivity index (χ1) is 10.5. The number of nitrogens with one attached hydrogen (secondary N) is 1. The average molecular weight is 307 g/mol. The fraction of sp³-hybridized carbons (Fsp3) is 0.500. The van der Waals surface area contributed by atoms with Crippen molar-refractivity contribution in [1.82, 2.24) is 5.32 Å². The summed E-state index contributed by atoms with van der Waals surface area (Å²) in [6.07, 6.45) is -0.969. The maximum atomic E-state index is 12.0. The van der Waals surface area contributed by atoms with Gasteiger partial charge in [0.2, 0.25) is 5.91 Å². The number of aliphatic carboxylic acids is 1. The fourth-order valence-corrected chi connectivity index (χ4v) is 2.32. The minimum absolute atomic E-state index is 0.193. The van der Waals surface area contributed by atoms with E-state index in [9.17, 15) is 9.59 Å². The topological polar surface area (TPSA) is 84.9 Å². The molecule has 0 spiro atoms. The third kappa shape index (κ3) is 4.21. The van der Waals surface area contributed by atoms with Crippen molar-refractivity contribution in [2.45, 2.75) is 45.0 Å². The van der Waals surface area contributed by atoms with Gasteiger partial charge in [0, 0.05) is 0 Å². The number of carbonyl (C=O) groups is 2. The Morgan fingerprint density at radius 2 is 2.05 bits per heavy atom. The molecule has 0 aromatic heterocycles. The maximum Gasteiger partial charge on any atom is 0.332 e. The van der Waals surface area contributed by atoms with Gasteiger partial charge in [-0.25, -0.2) is 4.79 Å². The van der Waals surface area contributed by atoms with E-state index in [2.05, 4.69) is 5.32 Å². The van der Waals surface area contributed by atoms with Crippen molar-refractivity contribution in [3.63, 3.8) is 0 Å². The number of hydrogen-bond donors (Lipinski definition) is 2. The molecule has 0 radical (unpaired) electrons. The first kappa shape index (κ1) is 16.3. The molecule has 0 bridgehead atoms. The van der Waals surface area contributed by atoms with Gasteiger partial charge in [-0.15, -0.1) is 0 Å². The van der Waals surface area contributed by atoms with Gasteiger partial charge >= 0.3 is 5.97 Å². The Bertz CT molecular complexity index is 545. The van der Waals surface area contributed by atoms with Crippen LogP contribution in [-0.2, 0) is 14.3 Å². The van der Waals surface area contributed by atoms with Gasteiger partial charge in [-0.3, -0.25) is 4.79 Å². The molecule has 2 N–H and O–H groups in total. The van der Waals surface area contributed by atoms with Crippen LogP contribution >= 0.6 is 0 Å². The van der Waals surface area contributed by atoms with Gasteiger partial charge in [0.25, 0.3) is 0 Å². The molecular formula is C16H21NO5. The van der Waals surface area contributed by atoms with E-state index in [-0.39, 0.29) is 12.0 Å². The zero-order valence-corrected chi connectivity index (χ0v) is 12.7. The third-order valence-corrected chi connectivity index (χ3v) is 3.57. The largest absolute Gasteiger partial charge is 0.489 e. The van der Waals surface area contributed by atoms with Crippen LogP contribution in [0.1, 0.15) is 25.3 Å². The minimum Gasteiger partial charge on any atom is -0.489 e. The molecule has 1 saturated heterocycles. The van der Waals surface area contributed by atoms with Crippen molar-refractivity contribution in [3.05, 3.63) is 29.8 Å². The molecule has 1 aromatic rings. The van der Waals surface area contributed by atoms with Gasteiger partial charge in [-0.2, -0.15) is 0 Å². The number of ether oxygens (including phenoxy) is 2. The normalized spacial score (nSPS) is 22.1. The van der Waals surface area contributed by atoms with Crippen molar-refractivity contribution in [2.75, 3.05) is 6.54 Å². The second-order valence-corrected chi connectivity index (χ2v) is 5.47. The van der Waals surface area contributed by atoms with Crippen LogP contribution in [0.5, 0.6) is 5.75 Å². The number of benzene rings is 1. The number of para-hydroxylation sites is 1. The van der Waals surface area contributed by atoms with Gasteiger partial charge in [0.1, 0.15) is 18.0 Å². The highest BCUT2D eigenvalue weighted by atomic mass is 16.5. The van der Waals surface area contributed by atoms with Crippen molar-refractivity contribution < 1.29 is 24.2 Å². The Hall–Kier alpha value is -2.08. The summed E-state index contributed by atoms with van der Waals surface area (Å²) in [5, 5.41) is 11.6. The predicted molar refractivity (Wildman–Crippen MR) is 79.8 cm³/mol. The van der Waals surface area contributed by atoms with Crippen molar-refractivity contribution in [3.8, 4) is 5.75 Å². The molecule has 0 aliphatic carbocycles. The summed E-state index contributed by atoms with van der Waals surface area (Å²) in [5.41, 5.74) is 1.03. The quantitative estimate of drug-likeness (QED) is 0.832. The summed E-state index contributed by atoms with van der Waals surface area (Å²) in [5.74, 6) is -0.525. The van der Waals surface area contributed by atoms with Crippen LogP contribution in [0.25, 0.3) is 0 Å². The molecule has 0 saturated carbocycles. The van der Waals surface area contributed by atoms with Crippen molar-refractivity contribution in [1.29, 1.82) is 0 Å². The molecule has 6 heteroatoms. The van der Waals surface area contributed by atoms with Crippen molar-refractivity contribution in [2.24, 2.45) is 0 Å². The van der Waals surface area contributed by atoms with Gasteiger partial charge in [-0.1, -0.05) is 18.2 Å². The lowest BCUT2D eigenvalue weighted by molar-refractivity contribution is -0.151. The molecule has 1 aromatic carbocycles. The number of carboxylic acids is 1. The predicted octanol–water partition coefficient (Wildman–Crippen LogP) is 1.51. The van der Waals surface area contributed by atoms with E-state index in [1.807, 2.05) is 38.1 Å². The van der Waals surface area contributed by atoms with Crippen LogP contribution in [-0.4, -0.2) is 41.8 Å². The third-order valence-electron chi connectivity index (χ3n) is 3.57. The van der Waals surface area contributed by atoms with Gasteiger partial charge in [-0.05, 0) is 38.3 Å². The highest BCUT2D eigenvalue weighted by molar-refractivity contribution is 5.82. The summed E-state index contributed by atoms with van der Waals surface area (Å²) < 4.78 is 11.0. The molecule has 1 amide bonds. The van der Waals surface area contributed by atoms with E-state index in [0.717, 1.165) is 11.3 Å². The summed E-state index contributed by atoms with van der Waals surface area (Å²) in [4.78, 5) is 22.7. The molecule has 1 aliphatic rings. The van der Waals surface area contributed by atoms with Crippen LogP contribution < -0.4 is 10.1 Å². The number of carboxylic acid groups (broad SMARTS) is 1. The van der Waals surface area contributed by atoms with Gasteiger partial charge in [0.15, 0.2) is 6.10 Å². The maximum absolute atomic E-state index is 12.0. The molecule has 1 fully saturated rings. The lowest BCUT2D eigenvalue weighted by atomic mass is 10.2. The molecule has 22 heavy (non-hydrogen) atoms. The number of aryl methyl sites for hydroxylation is 1. The smallest absolute Gasteiger partial charge is 0.332 e. The van der Waals surface area contributed by atoms with E-state index in [0.29, 0.717) is 19.4 Å².